The third-order valence-corrected chi connectivity index (χ3v) is 5.20. The van der Waals surface area contributed by atoms with Crippen LogP contribution in [0.4, 0.5) is 0 Å². The predicted octanol–water partition coefficient (Wildman–Crippen LogP) is 4.97. The molecule has 1 aromatic carbocycles. The standard InChI is InChI=1S/C13H12Br2OS/c1-7-5-11(15)9(6-10(7)14)13(16)12-4-3-8(2)17-12/h3-6,13,16H,1-2H3. The number of benzene rings is 1. The summed E-state index contributed by atoms with van der Waals surface area (Å²) in [6.45, 7) is 4.07. The monoisotopic (exact) mass is 374 g/mol. The van der Waals surface area contributed by atoms with Crippen LogP contribution in [-0.4, -0.2) is 5.11 Å². The minimum Gasteiger partial charge on any atom is -0.383 e. The molecule has 0 spiro atoms. The van der Waals surface area contributed by atoms with Crippen molar-refractivity contribution in [1.29, 1.82) is 0 Å². The van der Waals surface area contributed by atoms with Gasteiger partial charge in [0, 0.05) is 24.3 Å². The first kappa shape index (κ1) is 13.3. The zero-order valence-corrected chi connectivity index (χ0v) is 13.5. The number of aliphatic hydroxyl groups is 1. The van der Waals surface area contributed by atoms with Crippen molar-refractivity contribution in [2.24, 2.45) is 0 Å². The van der Waals surface area contributed by atoms with Gasteiger partial charge in [-0.1, -0.05) is 31.9 Å². The average molecular weight is 376 g/mol. The summed E-state index contributed by atoms with van der Waals surface area (Å²) in [5.74, 6) is 0. The van der Waals surface area contributed by atoms with Crippen LogP contribution in [0.15, 0.2) is 33.2 Å². The van der Waals surface area contributed by atoms with E-state index >= 15 is 0 Å². The summed E-state index contributed by atoms with van der Waals surface area (Å²) in [7, 11) is 0. The van der Waals surface area contributed by atoms with Crippen LogP contribution in [0, 0.1) is 13.8 Å². The number of aliphatic hydroxyl groups excluding tert-OH is 1. The van der Waals surface area contributed by atoms with Gasteiger partial charge in [-0.2, -0.15) is 0 Å². The lowest BCUT2D eigenvalue weighted by atomic mass is 10.1. The van der Waals surface area contributed by atoms with Crippen LogP contribution < -0.4 is 0 Å². The maximum atomic E-state index is 10.4. The van der Waals surface area contributed by atoms with Crippen LogP contribution in [0.3, 0.4) is 0 Å². The highest BCUT2D eigenvalue weighted by Crippen LogP contribution is 2.35. The SMILES string of the molecule is Cc1ccc(C(O)c2cc(Br)c(C)cc2Br)s1. The number of aryl methyl sites for hydroxylation is 2. The van der Waals surface area contributed by atoms with Gasteiger partial charge in [-0.05, 0) is 43.7 Å². The van der Waals surface area contributed by atoms with Crippen LogP contribution in [0.5, 0.6) is 0 Å². The first-order valence-corrected chi connectivity index (χ1v) is 7.59. The number of halogens is 2. The average Bonchev–Trinajstić information content (AvgIpc) is 2.69. The van der Waals surface area contributed by atoms with Gasteiger partial charge in [-0.3, -0.25) is 0 Å². The van der Waals surface area contributed by atoms with Crippen molar-refractivity contribution >= 4 is 43.2 Å². The molecule has 1 heterocycles. The fourth-order valence-electron chi connectivity index (χ4n) is 1.62. The lowest BCUT2D eigenvalue weighted by Gasteiger charge is -2.13. The molecule has 90 valence electrons. The smallest absolute Gasteiger partial charge is 0.114 e. The Hall–Kier alpha value is -0.160. The van der Waals surface area contributed by atoms with Gasteiger partial charge in [0.15, 0.2) is 0 Å². The molecule has 0 saturated carbocycles. The van der Waals surface area contributed by atoms with Gasteiger partial charge in [0.25, 0.3) is 0 Å². The zero-order chi connectivity index (χ0) is 12.6. The Morgan fingerprint density at radius 1 is 1.12 bits per heavy atom. The normalized spacial score (nSPS) is 12.8. The first-order chi connectivity index (χ1) is 7.99. The molecular formula is C13H12Br2OS. The molecule has 0 fully saturated rings. The van der Waals surface area contributed by atoms with Crippen molar-refractivity contribution in [3.63, 3.8) is 0 Å². The maximum absolute atomic E-state index is 10.4. The lowest BCUT2D eigenvalue weighted by molar-refractivity contribution is 0.223. The van der Waals surface area contributed by atoms with E-state index < -0.39 is 6.10 Å². The van der Waals surface area contributed by atoms with E-state index in [1.54, 1.807) is 11.3 Å². The highest BCUT2D eigenvalue weighted by atomic mass is 79.9. The number of hydrogen-bond donors (Lipinski definition) is 1. The Morgan fingerprint density at radius 2 is 1.82 bits per heavy atom. The predicted molar refractivity (Wildman–Crippen MR) is 79.7 cm³/mol. The van der Waals surface area contributed by atoms with Crippen molar-refractivity contribution in [2.45, 2.75) is 20.0 Å². The molecule has 2 rings (SSSR count). The molecule has 0 aliphatic heterocycles. The van der Waals surface area contributed by atoms with E-state index in [0.29, 0.717) is 0 Å². The molecule has 1 unspecified atom stereocenters. The number of rotatable bonds is 2. The molecule has 0 amide bonds. The van der Waals surface area contributed by atoms with Crippen LogP contribution in [-0.2, 0) is 0 Å². The molecule has 0 saturated heterocycles. The number of hydrogen-bond acceptors (Lipinski definition) is 2. The summed E-state index contributed by atoms with van der Waals surface area (Å²) >= 11 is 8.63. The Labute approximate surface area is 122 Å². The topological polar surface area (TPSA) is 20.2 Å². The summed E-state index contributed by atoms with van der Waals surface area (Å²) in [5.41, 5.74) is 2.04. The third-order valence-electron chi connectivity index (χ3n) is 2.60. The third kappa shape index (κ3) is 2.81. The molecule has 17 heavy (non-hydrogen) atoms. The van der Waals surface area contributed by atoms with E-state index in [1.165, 1.54) is 4.88 Å². The van der Waals surface area contributed by atoms with Gasteiger partial charge in [0.05, 0.1) is 0 Å². The van der Waals surface area contributed by atoms with Gasteiger partial charge in [-0.25, -0.2) is 0 Å². The van der Waals surface area contributed by atoms with Gasteiger partial charge in [-0.15, -0.1) is 11.3 Å². The Bertz CT molecular complexity index is 548. The molecule has 4 heteroatoms. The van der Waals surface area contributed by atoms with Crippen LogP contribution in [0.2, 0.25) is 0 Å². The van der Waals surface area contributed by atoms with Crippen LogP contribution in [0.25, 0.3) is 0 Å². The van der Waals surface area contributed by atoms with Crippen LogP contribution >= 0.6 is 43.2 Å². The minimum absolute atomic E-state index is 0.569. The molecule has 0 aliphatic carbocycles. The second-order valence-corrected chi connectivity index (χ2v) is 7.00. The Balaban J connectivity index is 2.43. The fourth-order valence-corrected chi connectivity index (χ4v) is 3.54. The van der Waals surface area contributed by atoms with E-state index in [9.17, 15) is 5.11 Å². The maximum Gasteiger partial charge on any atom is 0.114 e. The molecule has 2 aromatic rings. The lowest BCUT2D eigenvalue weighted by Crippen LogP contribution is -1.99. The van der Waals surface area contributed by atoms with Gasteiger partial charge < -0.3 is 5.11 Å². The molecule has 1 aromatic heterocycles. The fraction of sp³-hybridized carbons (Fsp3) is 0.231. The molecular weight excluding hydrogens is 364 g/mol. The number of thiophene rings is 1. The molecule has 1 atom stereocenters. The van der Waals surface area contributed by atoms with E-state index in [0.717, 1.165) is 24.9 Å². The van der Waals surface area contributed by atoms with E-state index in [-0.39, 0.29) is 0 Å². The van der Waals surface area contributed by atoms with Gasteiger partial charge >= 0.3 is 0 Å². The summed E-state index contributed by atoms with van der Waals surface area (Å²) in [4.78, 5) is 2.18. The van der Waals surface area contributed by atoms with Crippen LogP contribution in [0.1, 0.15) is 27.0 Å². The molecule has 1 nitrogen and oxygen atoms in total. The summed E-state index contributed by atoms with van der Waals surface area (Å²) in [6.07, 6.45) is -0.569. The molecule has 0 aliphatic rings. The van der Waals surface area contributed by atoms with Crippen molar-refractivity contribution in [3.8, 4) is 0 Å². The summed E-state index contributed by atoms with van der Waals surface area (Å²) < 4.78 is 1.96. The van der Waals surface area contributed by atoms with Crippen molar-refractivity contribution in [2.75, 3.05) is 0 Å². The largest absolute Gasteiger partial charge is 0.383 e. The first-order valence-electron chi connectivity index (χ1n) is 5.19. The molecule has 1 N–H and O–H groups in total. The Kier molecular flexibility index (Phi) is 4.08. The second kappa shape index (κ2) is 5.22. The summed E-state index contributed by atoms with van der Waals surface area (Å²) in [5, 5.41) is 10.4. The highest BCUT2D eigenvalue weighted by molar-refractivity contribution is 9.11. The van der Waals surface area contributed by atoms with E-state index in [4.69, 9.17) is 0 Å². The molecule has 0 bridgehead atoms. The molecule has 0 radical (unpaired) electrons. The summed E-state index contributed by atoms with van der Waals surface area (Å²) in [6, 6.07) is 7.99. The Morgan fingerprint density at radius 3 is 2.41 bits per heavy atom. The van der Waals surface area contributed by atoms with E-state index in [2.05, 4.69) is 31.9 Å². The van der Waals surface area contributed by atoms with Crippen molar-refractivity contribution in [1.82, 2.24) is 0 Å². The minimum atomic E-state index is -0.569. The van der Waals surface area contributed by atoms with Crippen molar-refractivity contribution < 1.29 is 5.11 Å². The van der Waals surface area contributed by atoms with Crippen molar-refractivity contribution in [3.05, 3.63) is 54.1 Å². The van der Waals surface area contributed by atoms with Gasteiger partial charge in [0.1, 0.15) is 6.10 Å². The second-order valence-electron chi connectivity index (χ2n) is 3.97. The zero-order valence-electron chi connectivity index (χ0n) is 9.50. The van der Waals surface area contributed by atoms with Gasteiger partial charge in [0.2, 0.25) is 0 Å². The highest BCUT2D eigenvalue weighted by Gasteiger charge is 2.16. The van der Waals surface area contributed by atoms with E-state index in [1.807, 2.05) is 38.1 Å². The quantitative estimate of drug-likeness (QED) is 0.785.